The number of ether oxygens (including phenoxy) is 1. The van der Waals surface area contributed by atoms with Gasteiger partial charge in [0.25, 0.3) is 0 Å². The first-order valence-corrected chi connectivity index (χ1v) is 4.94. The highest BCUT2D eigenvalue weighted by molar-refractivity contribution is 5.49. The Morgan fingerprint density at radius 1 is 1.57 bits per heavy atom. The summed E-state index contributed by atoms with van der Waals surface area (Å²) in [5.74, 6) is 1.13. The van der Waals surface area contributed by atoms with Gasteiger partial charge in [0.15, 0.2) is 11.5 Å². The summed E-state index contributed by atoms with van der Waals surface area (Å²) in [5, 5.41) is 9.87. The number of nitrogens with two attached hydrogens (primary N) is 1. The molecule has 1 aliphatic carbocycles. The predicted octanol–water partition coefficient (Wildman–Crippen LogP) is 1.61. The highest BCUT2D eigenvalue weighted by Gasteiger charge is 2.37. The second-order valence-corrected chi connectivity index (χ2v) is 3.63. The molecule has 0 saturated heterocycles. The molecule has 0 bridgehead atoms. The van der Waals surface area contributed by atoms with Crippen molar-refractivity contribution in [2.24, 2.45) is 5.73 Å². The number of phenolic OH excluding ortho intramolecular Hbond substituents is 1. The Morgan fingerprint density at radius 2 is 2.29 bits per heavy atom. The lowest BCUT2D eigenvalue weighted by molar-refractivity contribution is 0.316. The Hall–Kier alpha value is -1.22. The minimum Gasteiger partial charge on any atom is -0.504 e. The summed E-state index contributed by atoms with van der Waals surface area (Å²) in [6, 6.07) is 5.79. The Labute approximate surface area is 83.5 Å². The van der Waals surface area contributed by atoms with E-state index in [9.17, 15) is 5.11 Å². The van der Waals surface area contributed by atoms with Gasteiger partial charge in [-0.1, -0.05) is 12.1 Å². The van der Waals surface area contributed by atoms with Crippen molar-refractivity contribution in [1.82, 2.24) is 0 Å². The summed E-state index contributed by atoms with van der Waals surface area (Å²) >= 11 is 0. The van der Waals surface area contributed by atoms with Crippen LogP contribution in [0.4, 0.5) is 0 Å². The van der Waals surface area contributed by atoms with Crippen LogP contribution in [0.3, 0.4) is 0 Å². The zero-order valence-electron chi connectivity index (χ0n) is 8.23. The van der Waals surface area contributed by atoms with E-state index in [1.165, 1.54) is 0 Å². The minimum absolute atomic E-state index is 0.206. The van der Waals surface area contributed by atoms with Crippen LogP contribution in [0.1, 0.15) is 24.8 Å². The standard InChI is InChI=1S/C11H15NO2/c1-2-14-10-5-3-4-7(11(10)13)8-6-9(8)12/h3-5,8-9,13H,2,6,12H2,1H3. The normalized spacial score (nSPS) is 24.7. The number of aromatic hydroxyl groups is 1. The molecule has 3 nitrogen and oxygen atoms in total. The molecule has 1 fully saturated rings. The molecule has 76 valence electrons. The fourth-order valence-corrected chi connectivity index (χ4v) is 1.68. The van der Waals surface area contributed by atoms with Gasteiger partial charge in [-0.3, -0.25) is 0 Å². The van der Waals surface area contributed by atoms with Crippen molar-refractivity contribution in [2.45, 2.75) is 25.3 Å². The molecule has 0 aliphatic heterocycles. The van der Waals surface area contributed by atoms with E-state index < -0.39 is 0 Å². The van der Waals surface area contributed by atoms with Gasteiger partial charge in [-0.2, -0.15) is 0 Å². The summed E-state index contributed by atoms with van der Waals surface area (Å²) < 4.78 is 5.30. The van der Waals surface area contributed by atoms with Crippen LogP contribution in [0.25, 0.3) is 0 Å². The van der Waals surface area contributed by atoms with Gasteiger partial charge >= 0.3 is 0 Å². The monoisotopic (exact) mass is 193 g/mol. The van der Waals surface area contributed by atoms with Crippen LogP contribution >= 0.6 is 0 Å². The van der Waals surface area contributed by atoms with Crippen molar-refractivity contribution >= 4 is 0 Å². The van der Waals surface area contributed by atoms with Crippen LogP contribution in [-0.4, -0.2) is 17.8 Å². The summed E-state index contributed by atoms with van der Waals surface area (Å²) in [4.78, 5) is 0. The van der Waals surface area contributed by atoms with Gasteiger partial charge in [0.05, 0.1) is 6.61 Å². The van der Waals surface area contributed by atoms with Crippen LogP contribution in [-0.2, 0) is 0 Å². The van der Waals surface area contributed by atoms with E-state index in [0.717, 1.165) is 12.0 Å². The molecule has 0 amide bonds. The van der Waals surface area contributed by atoms with Crippen molar-refractivity contribution in [3.05, 3.63) is 23.8 Å². The average molecular weight is 193 g/mol. The molecule has 0 radical (unpaired) electrons. The van der Waals surface area contributed by atoms with Crippen LogP contribution < -0.4 is 10.5 Å². The lowest BCUT2D eigenvalue weighted by Gasteiger charge is -2.09. The molecule has 2 rings (SSSR count). The van der Waals surface area contributed by atoms with Gasteiger partial charge in [-0.25, -0.2) is 0 Å². The van der Waals surface area contributed by atoms with E-state index >= 15 is 0 Å². The fraction of sp³-hybridized carbons (Fsp3) is 0.455. The SMILES string of the molecule is CCOc1cccc(C2CC2N)c1O. The van der Waals surface area contributed by atoms with E-state index in [-0.39, 0.29) is 11.8 Å². The maximum Gasteiger partial charge on any atom is 0.161 e. The third-order valence-corrected chi connectivity index (χ3v) is 2.57. The lowest BCUT2D eigenvalue weighted by atomic mass is 10.1. The Bertz CT molecular complexity index is 338. The van der Waals surface area contributed by atoms with Crippen LogP contribution in [0.15, 0.2) is 18.2 Å². The lowest BCUT2D eigenvalue weighted by Crippen LogP contribution is -2.01. The van der Waals surface area contributed by atoms with Gasteiger partial charge in [0.1, 0.15) is 0 Å². The van der Waals surface area contributed by atoms with Gasteiger partial charge in [-0.05, 0) is 19.4 Å². The highest BCUT2D eigenvalue weighted by atomic mass is 16.5. The number of para-hydroxylation sites is 1. The maximum absolute atomic E-state index is 9.87. The van der Waals surface area contributed by atoms with Crippen molar-refractivity contribution in [3.8, 4) is 11.5 Å². The molecular formula is C11H15NO2. The molecule has 1 aliphatic rings. The number of benzene rings is 1. The Kier molecular flexibility index (Phi) is 2.33. The molecule has 2 atom stereocenters. The number of rotatable bonds is 3. The van der Waals surface area contributed by atoms with Crippen LogP contribution in [0.5, 0.6) is 11.5 Å². The molecule has 1 aromatic carbocycles. The number of phenols is 1. The molecule has 0 spiro atoms. The van der Waals surface area contributed by atoms with E-state index in [4.69, 9.17) is 10.5 Å². The van der Waals surface area contributed by atoms with Crippen LogP contribution in [0.2, 0.25) is 0 Å². The van der Waals surface area contributed by atoms with Gasteiger partial charge in [-0.15, -0.1) is 0 Å². The zero-order valence-corrected chi connectivity index (χ0v) is 8.23. The second-order valence-electron chi connectivity index (χ2n) is 3.63. The van der Waals surface area contributed by atoms with E-state index in [1.807, 2.05) is 19.1 Å². The van der Waals surface area contributed by atoms with Gasteiger partial charge in [0.2, 0.25) is 0 Å². The summed E-state index contributed by atoms with van der Waals surface area (Å²) in [6.45, 7) is 2.46. The average Bonchev–Trinajstić information content (AvgIpc) is 2.87. The van der Waals surface area contributed by atoms with E-state index in [1.54, 1.807) is 6.07 Å². The van der Waals surface area contributed by atoms with Crippen molar-refractivity contribution in [2.75, 3.05) is 6.61 Å². The first-order chi connectivity index (χ1) is 6.74. The van der Waals surface area contributed by atoms with Gasteiger partial charge in [0, 0.05) is 17.5 Å². The molecule has 1 aromatic rings. The first kappa shape index (κ1) is 9.34. The first-order valence-electron chi connectivity index (χ1n) is 4.94. The molecule has 3 heteroatoms. The van der Waals surface area contributed by atoms with E-state index in [2.05, 4.69) is 0 Å². The molecule has 2 unspecified atom stereocenters. The predicted molar refractivity (Wildman–Crippen MR) is 54.6 cm³/mol. The third-order valence-electron chi connectivity index (χ3n) is 2.57. The van der Waals surface area contributed by atoms with Crippen molar-refractivity contribution in [3.63, 3.8) is 0 Å². The summed E-state index contributed by atoms with van der Waals surface area (Å²) in [7, 11) is 0. The summed E-state index contributed by atoms with van der Waals surface area (Å²) in [6.07, 6.45) is 0.961. The van der Waals surface area contributed by atoms with E-state index in [0.29, 0.717) is 18.3 Å². The van der Waals surface area contributed by atoms with Gasteiger partial charge < -0.3 is 15.6 Å². The smallest absolute Gasteiger partial charge is 0.161 e. The zero-order chi connectivity index (χ0) is 10.1. The van der Waals surface area contributed by atoms with Crippen molar-refractivity contribution in [1.29, 1.82) is 0 Å². The second kappa shape index (κ2) is 3.50. The fourth-order valence-electron chi connectivity index (χ4n) is 1.68. The quantitative estimate of drug-likeness (QED) is 0.766. The minimum atomic E-state index is 0.206. The topological polar surface area (TPSA) is 55.5 Å². The Morgan fingerprint density at radius 3 is 2.86 bits per heavy atom. The maximum atomic E-state index is 9.87. The molecule has 14 heavy (non-hydrogen) atoms. The van der Waals surface area contributed by atoms with Crippen molar-refractivity contribution < 1.29 is 9.84 Å². The summed E-state index contributed by atoms with van der Waals surface area (Å²) in [5.41, 5.74) is 6.66. The molecule has 3 N–H and O–H groups in total. The molecule has 0 heterocycles. The molecule has 1 saturated carbocycles. The highest BCUT2D eigenvalue weighted by Crippen LogP contribution is 2.45. The number of hydrogen-bond donors (Lipinski definition) is 2. The molecular weight excluding hydrogens is 178 g/mol. The largest absolute Gasteiger partial charge is 0.504 e. The number of hydrogen-bond acceptors (Lipinski definition) is 3. The third kappa shape index (κ3) is 1.55. The Balaban J connectivity index is 2.27. The van der Waals surface area contributed by atoms with Crippen LogP contribution in [0, 0.1) is 0 Å². The molecule has 0 aromatic heterocycles.